The number of halogens is 2. The second-order valence-corrected chi connectivity index (χ2v) is 5.52. The average Bonchev–Trinajstić information content (AvgIpc) is 2.85. The Bertz CT molecular complexity index is 926. The number of hydrogen-bond acceptors (Lipinski definition) is 4. The van der Waals surface area contributed by atoms with Crippen molar-refractivity contribution in [2.75, 3.05) is 0 Å². The summed E-state index contributed by atoms with van der Waals surface area (Å²) in [6.45, 7) is 0. The minimum atomic E-state index is -0.458. The van der Waals surface area contributed by atoms with Crippen LogP contribution in [-0.4, -0.2) is 15.3 Å². The second-order valence-electron chi connectivity index (χ2n) is 4.65. The smallest absolute Gasteiger partial charge is 0.292 e. The molecule has 3 N–H and O–H groups in total. The number of aromatic hydroxyl groups is 1. The van der Waals surface area contributed by atoms with E-state index in [0.29, 0.717) is 27.0 Å². The molecule has 0 aliphatic heterocycles. The van der Waals surface area contributed by atoms with Gasteiger partial charge in [0.2, 0.25) is 0 Å². The van der Waals surface area contributed by atoms with E-state index in [4.69, 9.17) is 23.2 Å². The predicted molar refractivity (Wildman–Crippen MR) is 89.2 cm³/mol. The van der Waals surface area contributed by atoms with Crippen molar-refractivity contribution in [3.05, 3.63) is 62.9 Å². The summed E-state index contributed by atoms with van der Waals surface area (Å²) in [7, 11) is 0. The normalized spacial score (nSPS) is 11.2. The number of aromatic amines is 2. The molecule has 0 bridgehead atoms. The highest BCUT2D eigenvalue weighted by atomic mass is 35.5. The van der Waals surface area contributed by atoms with Crippen LogP contribution in [0.3, 0.4) is 0 Å². The number of nitrogens with one attached hydrogen (secondary N) is 2. The molecule has 3 aromatic rings. The van der Waals surface area contributed by atoms with E-state index in [0.717, 1.165) is 0 Å². The molecule has 8 heteroatoms. The lowest BCUT2D eigenvalue weighted by atomic mass is 10.1. The Labute approximate surface area is 140 Å². The molecule has 0 unspecified atom stereocenters. The molecule has 0 saturated heterocycles. The number of phenols is 1. The van der Waals surface area contributed by atoms with Crippen LogP contribution in [0.15, 0.2) is 57.5 Å². The zero-order valence-corrected chi connectivity index (χ0v) is 13.1. The van der Waals surface area contributed by atoms with E-state index in [1.165, 1.54) is 6.07 Å². The lowest BCUT2D eigenvalue weighted by Gasteiger charge is -2.01. The van der Waals surface area contributed by atoms with E-state index in [1.807, 2.05) is 0 Å². The Morgan fingerprint density at radius 2 is 1.65 bits per heavy atom. The second kappa shape index (κ2) is 6.28. The Morgan fingerprint density at radius 3 is 2.35 bits per heavy atom. The summed E-state index contributed by atoms with van der Waals surface area (Å²) >= 11 is 11.8. The number of phenolic OH excluding ortho intramolecular Hbond substituents is 1. The molecule has 2 aromatic carbocycles. The molecule has 3 rings (SSSR count). The van der Waals surface area contributed by atoms with E-state index in [1.54, 1.807) is 36.4 Å². The van der Waals surface area contributed by atoms with Crippen molar-refractivity contribution < 1.29 is 5.11 Å². The van der Waals surface area contributed by atoms with Crippen LogP contribution in [0.1, 0.15) is 0 Å². The van der Waals surface area contributed by atoms with Gasteiger partial charge in [0, 0.05) is 15.6 Å². The van der Waals surface area contributed by atoms with E-state index >= 15 is 0 Å². The van der Waals surface area contributed by atoms with Crippen molar-refractivity contribution in [3.63, 3.8) is 0 Å². The standard InChI is InChI=1S/C15H10Cl2N4O2/c16-8-5-9(17)7-10(6-8)18-20-14-13(19-21-15(14)23)11-3-1-2-4-12(11)22/h1-7,22H,(H2,19,21,23). The fourth-order valence-corrected chi connectivity index (χ4v) is 2.55. The SMILES string of the molecule is O=c1[nH][nH]c(-c2ccccc2O)c1N=Nc1cc(Cl)cc(Cl)c1. The summed E-state index contributed by atoms with van der Waals surface area (Å²) in [6, 6.07) is 11.3. The lowest BCUT2D eigenvalue weighted by molar-refractivity contribution is 0.477. The summed E-state index contributed by atoms with van der Waals surface area (Å²) in [5, 5.41) is 23.8. The average molecular weight is 349 g/mol. The van der Waals surface area contributed by atoms with Gasteiger partial charge in [-0.15, -0.1) is 5.11 Å². The molecule has 0 fully saturated rings. The van der Waals surface area contributed by atoms with Crippen molar-refractivity contribution in [2.24, 2.45) is 10.2 Å². The molecule has 1 aromatic heterocycles. The number of aromatic nitrogens is 2. The summed E-state index contributed by atoms with van der Waals surface area (Å²) < 4.78 is 0. The fraction of sp³-hybridized carbons (Fsp3) is 0. The molecular weight excluding hydrogens is 339 g/mol. The van der Waals surface area contributed by atoms with Gasteiger partial charge in [-0.2, -0.15) is 5.11 Å². The van der Waals surface area contributed by atoms with Crippen molar-refractivity contribution >= 4 is 34.6 Å². The third-order valence-corrected chi connectivity index (χ3v) is 3.48. The van der Waals surface area contributed by atoms with Crippen molar-refractivity contribution in [2.45, 2.75) is 0 Å². The first-order chi connectivity index (χ1) is 11.0. The topological polar surface area (TPSA) is 93.6 Å². The van der Waals surface area contributed by atoms with E-state index in [2.05, 4.69) is 20.4 Å². The van der Waals surface area contributed by atoms with Gasteiger partial charge in [-0.05, 0) is 30.3 Å². The Kier molecular flexibility index (Phi) is 4.18. The molecule has 1 heterocycles. The van der Waals surface area contributed by atoms with E-state index in [9.17, 15) is 9.90 Å². The first-order valence-corrected chi connectivity index (χ1v) is 7.27. The summed E-state index contributed by atoms with van der Waals surface area (Å²) in [4.78, 5) is 11.9. The molecule has 0 atom stereocenters. The minimum absolute atomic E-state index is 0.0185. The molecule has 0 aliphatic carbocycles. The van der Waals surface area contributed by atoms with Gasteiger partial charge in [0.25, 0.3) is 5.56 Å². The van der Waals surface area contributed by atoms with Gasteiger partial charge in [0.15, 0.2) is 5.69 Å². The van der Waals surface area contributed by atoms with E-state index in [-0.39, 0.29) is 11.4 Å². The van der Waals surface area contributed by atoms with Crippen LogP contribution >= 0.6 is 23.2 Å². The minimum Gasteiger partial charge on any atom is -0.507 e. The zero-order valence-electron chi connectivity index (χ0n) is 11.5. The first-order valence-electron chi connectivity index (χ1n) is 6.51. The summed E-state index contributed by atoms with van der Waals surface area (Å²) in [5.41, 5.74) is 0.767. The maximum Gasteiger partial charge on any atom is 0.292 e. The Balaban J connectivity index is 2.04. The maximum absolute atomic E-state index is 11.9. The number of para-hydroxylation sites is 1. The molecular formula is C15H10Cl2N4O2. The number of nitrogens with zero attached hydrogens (tertiary/aromatic N) is 2. The number of H-pyrrole nitrogens is 2. The molecule has 0 spiro atoms. The van der Waals surface area contributed by atoms with Crippen LogP contribution in [-0.2, 0) is 0 Å². The highest BCUT2D eigenvalue weighted by Gasteiger charge is 2.14. The largest absolute Gasteiger partial charge is 0.507 e. The van der Waals surface area contributed by atoms with Crippen LogP contribution < -0.4 is 5.56 Å². The van der Waals surface area contributed by atoms with E-state index < -0.39 is 5.56 Å². The summed E-state index contributed by atoms with van der Waals surface area (Å²) in [5.74, 6) is 0.0185. The monoisotopic (exact) mass is 348 g/mol. The van der Waals surface area contributed by atoms with Crippen molar-refractivity contribution in [3.8, 4) is 17.0 Å². The van der Waals surface area contributed by atoms with Crippen molar-refractivity contribution in [1.82, 2.24) is 10.2 Å². The Morgan fingerprint density at radius 1 is 0.957 bits per heavy atom. The quantitative estimate of drug-likeness (QED) is 0.593. The number of rotatable bonds is 3. The Hall–Kier alpha value is -2.57. The van der Waals surface area contributed by atoms with Crippen LogP contribution in [0, 0.1) is 0 Å². The van der Waals surface area contributed by atoms with Gasteiger partial charge >= 0.3 is 0 Å². The number of benzene rings is 2. The van der Waals surface area contributed by atoms with Gasteiger partial charge in [0.05, 0.1) is 11.4 Å². The lowest BCUT2D eigenvalue weighted by Crippen LogP contribution is -1.96. The van der Waals surface area contributed by atoms with Gasteiger partial charge in [-0.3, -0.25) is 15.0 Å². The first kappa shape index (κ1) is 15.3. The summed E-state index contributed by atoms with van der Waals surface area (Å²) in [6.07, 6.45) is 0. The third-order valence-electron chi connectivity index (χ3n) is 3.04. The van der Waals surface area contributed by atoms with Crippen LogP contribution in [0.5, 0.6) is 5.75 Å². The predicted octanol–water partition coefficient (Wildman–Crippen LogP) is 4.80. The van der Waals surface area contributed by atoms with Gasteiger partial charge < -0.3 is 5.11 Å². The molecule has 0 aliphatic rings. The molecule has 0 saturated carbocycles. The number of hydrogen-bond donors (Lipinski definition) is 3. The maximum atomic E-state index is 11.9. The van der Waals surface area contributed by atoms with Crippen LogP contribution in [0.4, 0.5) is 11.4 Å². The molecule has 6 nitrogen and oxygen atoms in total. The van der Waals surface area contributed by atoms with Crippen molar-refractivity contribution in [1.29, 1.82) is 0 Å². The molecule has 116 valence electrons. The highest BCUT2D eigenvalue weighted by Crippen LogP contribution is 2.33. The number of azo groups is 1. The third kappa shape index (κ3) is 3.28. The zero-order chi connectivity index (χ0) is 16.4. The molecule has 0 radical (unpaired) electrons. The fourth-order valence-electron chi connectivity index (χ4n) is 2.03. The highest BCUT2D eigenvalue weighted by molar-refractivity contribution is 6.35. The van der Waals surface area contributed by atoms with Crippen LogP contribution in [0.25, 0.3) is 11.3 Å². The van der Waals surface area contributed by atoms with Gasteiger partial charge in [0.1, 0.15) is 5.75 Å². The molecule has 0 amide bonds. The van der Waals surface area contributed by atoms with Gasteiger partial charge in [-0.1, -0.05) is 35.3 Å². The van der Waals surface area contributed by atoms with Crippen LogP contribution in [0.2, 0.25) is 10.0 Å². The van der Waals surface area contributed by atoms with Gasteiger partial charge in [-0.25, -0.2) is 0 Å². The molecule has 23 heavy (non-hydrogen) atoms.